The van der Waals surface area contributed by atoms with Gasteiger partial charge < -0.3 is 14.5 Å². The van der Waals surface area contributed by atoms with Crippen LogP contribution in [0.3, 0.4) is 0 Å². The summed E-state index contributed by atoms with van der Waals surface area (Å²) < 4.78 is 23.3. The third kappa shape index (κ3) is 3.95. The molecular weight excluding hydrogens is 517 g/mol. The topological polar surface area (TPSA) is 71.7 Å². The molecule has 9 heteroatoms. The van der Waals surface area contributed by atoms with Gasteiger partial charge in [-0.3, -0.25) is 4.99 Å². The standard InChI is InChI=1S/C32H38FN7O/c1-17-5-6-20-15-34-18(2)27(20)26(17)30-35-25-11-12-39(32-28(33)29(19-7-8-19)37-38(32)3)16-24(25)31(36-30)40-21-9-10-22(40)14-23(13-21)41-4/h5-6,19,21-23H,7-16H2,1-4H3/t21-,22+,23?. The number of aromatic nitrogens is 4. The van der Waals surface area contributed by atoms with Crippen molar-refractivity contribution >= 4 is 17.3 Å². The van der Waals surface area contributed by atoms with Crippen molar-refractivity contribution in [3.8, 4) is 11.4 Å². The molecule has 2 bridgehead atoms. The van der Waals surface area contributed by atoms with Crippen LogP contribution in [-0.4, -0.2) is 57.3 Å². The molecule has 2 saturated heterocycles. The molecule has 5 aliphatic rings. The summed E-state index contributed by atoms with van der Waals surface area (Å²) in [6.45, 7) is 6.26. The molecule has 41 heavy (non-hydrogen) atoms. The summed E-state index contributed by atoms with van der Waals surface area (Å²) in [5, 5.41) is 4.60. The Morgan fingerprint density at radius 2 is 1.78 bits per heavy atom. The number of hydrogen-bond donors (Lipinski definition) is 0. The first kappa shape index (κ1) is 25.4. The maximum absolute atomic E-state index is 15.7. The van der Waals surface area contributed by atoms with Gasteiger partial charge >= 0.3 is 0 Å². The molecule has 3 aromatic rings. The molecule has 4 aliphatic heterocycles. The molecule has 2 aromatic heterocycles. The number of rotatable bonds is 5. The van der Waals surface area contributed by atoms with Gasteiger partial charge in [-0.2, -0.15) is 5.10 Å². The third-order valence-electron chi connectivity index (χ3n) is 10.1. The van der Waals surface area contributed by atoms with E-state index in [0.717, 1.165) is 85.7 Å². The number of methoxy groups -OCH3 is 1. The molecular formula is C32H38FN7O. The van der Waals surface area contributed by atoms with E-state index in [-0.39, 0.29) is 11.7 Å². The van der Waals surface area contributed by atoms with Gasteiger partial charge in [-0.05, 0) is 63.5 Å². The van der Waals surface area contributed by atoms with Crippen molar-refractivity contribution < 1.29 is 9.13 Å². The summed E-state index contributed by atoms with van der Waals surface area (Å²) in [6, 6.07) is 5.16. The first-order valence-electron chi connectivity index (χ1n) is 15.2. The fourth-order valence-corrected chi connectivity index (χ4v) is 7.90. The number of halogens is 1. The zero-order valence-corrected chi connectivity index (χ0v) is 24.5. The second-order valence-corrected chi connectivity index (χ2v) is 12.7. The molecule has 6 heterocycles. The first-order valence-corrected chi connectivity index (χ1v) is 15.2. The molecule has 8 nitrogen and oxygen atoms in total. The molecule has 3 atom stereocenters. The predicted molar refractivity (Wildman–Crippen MR) is 157 cm³/mol. The fourth-order valence-electron chi connectivity index (χ4n) is 7.90. The number of fused-ring (bicyclic) bond motifs is 4. The molecule has 0 amide bonds. The van der Waals surface area contributed by atoms with E-state index in [1.165, 1.54) is 16.7 Å². The highest BCUT2D eigenvalue weighted by molar-refractivity contribution is 6.07. The highest BCUT2D eigenvalue weighted by Crippen LogP contribution is 2.45. The summed E-state index contributed by atoms with van der Waals surface area (Å²) in [4.78, 5) is 20.2. The lowest BCUT2D eigenvalue weighted by molar-refractivity contribution is 0.0681. The van der Waals surface area contributed by atoms with Crippen LogP contribution in [0.15, 0.2) is 17.1 Å². The quantitative estimate of drug-likeness (QED) is 0.429. The predicted octanol–water partition coefficient (Wildman–Crippen LogP) is 5.23. The van der Waals surface area contributed by atoms with Crippen LogP contribution in [-0.2, 0) is 31.3 Å². The average molecular weight is 556 g/mol. The summed E-state index contributed by atoms with van der Waals surface area (Å²) >= 11 is 0. The molecule has 3 fully saturated rings. The van der Waals surface area contributed by atoms with Crippen molar-refractivity contribution in [2.24, 2.45) is 12.0 Å². The Kier molecular flexibility index (Phi) is 5.78. The number of benzene rings is 1. The average Bonchev–Trinajstić information content (AvgIpc) is 3.62. The van der Waals surface area contributed by atoms with Crippen LogP contribution in [0.1, 0.15) is 85.0 Å². The van der Waals surface area contributed by atoms with Gasteiger partial charge in [-0.25, -0.2) is 19.0 Å². The van der Waals surface area contributed by atoms with E-state index in [4.69, 9.17) is 19.7 Å². The van der Waals surface area contributed by atoms with Gasteiger partial charge in [0, 0.05) is 74.1 Å². The number of aliphatic imine (C=N–C) groups is 1. The Morgan fingerprint density at radius 3 is 2.51 bits per heavy atom. The summed E-state index contributed by atoms with van der Waals surface area (Å²) in [5.41, 5.74) is 8.64. The monoisotopic (exact) mass is 555 g/mol. The van der Waals surface area contributed by atoms with E-state index in [0.29, 0.717) is 42.8 Å². The van der Waals surface area contributed by atoms with Crippen molar-refractivity contribution in [2.45, 2.75) is 96.0 Å². The van der Waals surface area contributed by atoms with Crippen molar-refractivity contribution in [2.75, 3.05) is 23.5 Å². The number of aryl methyl sites for hydroxylation is 2. The van der Waals surface area contributed by atoms with Crippen LogP contribution in [0.5, 0.6) is 0 Å². The van der Waals surface area contributed by atoms with E-state index >= 15 is 4.39 Å². The Balaban J connectivity index is 1.26. The van der Waals surface area contributed by atoms with E-state index in [9.17, 15) is 0 Å². The van der Waals surface area contributed by atoms with E-state index < -0.39 is 0 Å². The Bertz CT molecular complexity index is 1580. The molecule has 0 spiro atoms. The second kappa shape index (κ2) is 9.34. The van der Waals surface area contributed by atoms with Crippen LogP contribution >= 0.6 is 0 Å². The maximum atomic E-state index is 15.7. The number of nitrogens with zero attached hydrogens (tertiary/aromatic N) is 7. The molecule has 0 N–H and O–H groups in total. The van der Waals surface area contributed by atoms with Crippen molar-refractivity contribution in [3.05, 3.63) is 51.6 Å². The lowest BCUT2D eigenvalue weighted by atomic mass is 9.94. The number of hydrogen-bond acceptors (Lipinski definition) is 7. The molecule has 214 valence electrons. The van der Waals surface area contributed by atoms with Gasteiger partial charge in [0.1, 0.15) is 11.5 Å². The smallest absolute Gasteiger partial charge is 0.188 e. The summed E-state index contributed by atoms with van der Waals surface area (Å²) in [6.07, 6.45) is 7.42. The first-order chi connectivity index (χ1) is 19.9. The lowest BCUT2D eigenvalue weighted by Crippen LogP contribution is -2.47. The third-order valence-corrected chi connectivity index (χ3v) is 10.1. The van der Waals surface area contributed by atoms with Gasteiger partial charge in [-0.15, -0.1) is 0 Å². The molecule has 8 rings (SSSR count). The van der Waals surface area contributed by atoms with Crippen LogP contribution in [0.4, 0.5) is 16.0 Å². The van der Waals surface area contributed by atoms with Crippen molar-refractivity contribution in [1.82, 2.24) is 19.7 Å². The highest BCUT2D eigenvalue weighted by atomic mass is 19.1. The molecule has 1 unspecified atom stereocenters. The molecule has 0 radical (unpaired) electrons. The SMILES string of the molecule is COC1C[C@H]2CC[C@@H](C1)N2c1nc(-c2c(C)ccc3c2C(C)=NC3)nc2c1CN(c1c(F)c(C3CC3)nn1C)CC2. The maximum Gasteiger partial charge on any atom is 0.188 e. The van der Waals surface area contributed by atoms with Crippen LogP contribution in [0.2, 0.25) is 0 Å². The van der Waals surface area contributed by atoms with Gasteiger partial charge in [0.05, 0.1) is 18.3 Å². The number of piperidine rings is 1. The van der Waals surface area contributed by atoms with E-state index in [2.05, 4.69) is 40.9 Å². The number of anilines is 2. The van der Waals surface area contributed by atoms with Crippen LogP contribution in [0, 0.1) is 12.7 Å². The minimum atomic E-state index is -0.149. The van der Waals surface area contributed by atoms with Gasteiger partial charge in [0.15, 0.2) is 17.5 Å². The Hall–Kier alpha value is -3.33. The lowest BCUT2D eigenvalue weighted by Gasteiger charge is -2.41. The molecule has 1 saturated carbocycles. The normalized spacial score (nSPS) is 25.0. The largest absolute Gasteiger partial charge is 0.381 e. The van der Waals surface area contributed by atoms with Crippen LogP contribution in [0.25, 0.3) is 11.4 Å². The molecule has 1 aromatic carbocycles. The Labute approximate surface area is 240 Å². The summed E-state index contributed by atoms with van der Waals surface area (Å²) in [7, 11) is 3.71. The van der Waals surface area contributed by atoms with E-state index in [1.54, 1.807) is 4.68 Å². The zero-order chi connectivity index (χ0) is 28.0. The second-order valence-electron chi connectivity index (χ2n) is 12.7. The minimum absolute atomic E-state index is 0.149. The van der Waals surface area contributed by atoms with Gasteiger partial charge in [-0.1, -0.05) is 12.1 Å². The highest BCUT2D eigenvalue weighted by Gasteiger charge is 2.44. The number of ether oxygens (including phenoxy) is 1. The van der Waals surface area contributed by atoms with Crippen molar-refractivity contribution in [3.63, 3.8) is 0 Å². The fraction of sp³-hybridized carbons (Fsp3) is 0.562. The minimum Gasteiger partial charge on any atom is -0.381 e. The van der Waals surface area contributed by atoms with Gasteiger partial charge in [0.2, 0.25) is 0 Å². The summed E-state index contributed by atoms with van der Waals surface area (Å²) in [5.74, 6) is 2.55. The zero-order valence-electron chi connectivity index (χ0n) is 24.5. The molecule has 1 aliphatic carbocycles. The van der Waals surface area contributed by atoms with Crippen molar-refractivity contribution in [1.29, 1.82) is 0 Å². The Morgan fingerprint density at radius 1 is 1.00 bits per heavy atom. The van der Waals surface area contributed by atoms with Gasteiger partial charge in [0.25, 0.3) is 0 Å². The van der Waals surface area contributed by atoms with E-state index in [1.807, 2.05) is 14.2 Å². The van der Waals surface area contributed by atoms with Crippen LogP contribution < -0.4 is 9.80 Å².